The fraction of sp³-hybridized carbons (Fsp3) is 0.588. The summed E-state index contributed by atoms with van der Waals surface area (Å²) >= 11 is 6.46. The number of benzene rings is 1. The van der Waals surface area contributed by atoms with Crippen LogP contribution in [0, 0.1) is 5.92 Å². The van der Waals surface area contributed by atoms with Crippen LogP contribution < -0.4 is 10.6 Å². The van der Waals surface area contributed by atoms with Crippen molar-refractivity contribution in [2.75, 3.05) is 11.9 Å². The highest BCUT2D eigenvalue weighted by Gasteiger charge is 2.23. The molecule has 2 rings (SSSR count). The SMILES string of the molecule is CCCNC(CC(C)CC)c1cc2c(cc1Cl)NC(=O)C2. The quantitative estimate of drug-likeness (QED) is 0.788. The molecule has 2 N–H and O–H groups in total. The fourth-order valence-electron chi connectivity index (χ4n) is 2.74. The summed E-state index contributed by atoms with van der Waals surface area (Å²) in [5.41, 5.74) is 3.05. The first-order valence-corrected chi connectivity index (χ1v) is 8.28. The van der Waals surface area contributed by atoms with Gasteiger partial charge < -0.3 is 10.6 Å². The summed E-state index contributed by atoms with van der Waals surface area (Å²) in [5.74, 6) is 0.696. The minimum Gasteiger partial charge on any atom is -0.325 e. The van der Waals surface area contributed by atoms with E-state index in [9.17, 15) is 4.79 Å². The molecule has 2 atom stereocenters. The molecule has 1 aromatic carbocycles. The second-order valence-electron chi connectivity index (χ2n) is 6.01. The van der Waals surface area contributed by atoms with Gasteiger partial charge in [-0.15, -0.1) is 0 Å². The standard InChI is InChI=1S/C17H25ClN2O/c1-4-6-19-16(7-11(3)5-2)13-8-12-9-17(21)20-15(12)10-14(13)18/h8,10-11,16,19H,4-7,9H2,1-3H3,(H,20,21). The van der Waals surface area contributed by atoms with Crippen molar-refractivity contribution in [2.45, 2.75) is 52.5 Å². The van der Waals surface area contributed by atoms with E-state index in [2.05, 4.69) is 37.5 Å². The monoisotopic (exact) mass is 308 g/mol. The molecule has 1 amide bonds. The number of hydrogen-bond donors (Lipinski definition) is 2. The van der Waals surface area contributed by atoms with Crippen molar-refractivity contribution >= 4 is 23.2 Å². The summed E-state index contributed by atoms with van der Waals surface area (Å²) in [4.78, 5) is 11.5. The lowest BCUT2D eigenvalue weighted by Crippen LogP contribution is -2.24. The fourth-order valence-corrected chi connectivity index (χ4v) is 3.04. The Labute approximate surface area is 132 Å². The Hall–Kier alpha value is -1.06. The third-order valence-electron chi connectivity index (χ3n) is 4.20. The molecule has 1 aromatic rings. The van der Waals surface area contributed by atoms with Gasteiger partial charge in [0.25, 0.3) is 0 Å². The number of nitrogens with one attached hydrogen (secondary N) is 2. The molecule has 0 spiro atoms. The molecule has 0 bridgehead atoms. The van der Waals surface area contributed by atoms with E-state index < -0.39 is 0 Å². The van der Waals surface area contributed by atoms with E-state index in [1.54, 1.807) is 0 Å². The van der Waals surface area contributed by atoms with Gasteiger partial charge in [-0.2, -0.15) is 0 Å². The molecule has 3 nitrogen and oxygen atoms in total. The molecular weight excluding hydrogens is 284 g/mol. The molecule has 0 radical (unpaired) electrons. The van der Waals surface area contributed by atoms with E-state index in [4.69, 9.17) is 11.6 Å². The van der Waals surface area contributed by atoms with Crippen molar-refractivity contribution in [1.29, 1.82) is 0 Å². The van der Waals surface area contributed by atoms with Crippen LogP contribution in [0.4, 0.5) is 5.69 Å². The molecule has 0 aromatic heterocycles. The van der Waals surface area contributed by atoms with Crippen LogP contribution in [0.5, 0.6) is 0 Å². The van der Waals surface area contributed by atoms with Crippen molar-refractivity contribution in [1.82, 2.24) is 5.32 Å². The molecule has 0 saturated heterocycles. The van der Waals surface area contributed by atoms with Crippen LogP contribution in [-0.4, -0.2) is 12.5 Å². The lowest BCUT2D eigenvalue weighted by Gasteiger charge is -2.24. The summed E-state index contributed by atoms with van der Waals surface area (Å²) in [6.07, 6.45) is 3.78. The van der Waals surface area contributed by atoms with Gasteiger partial charge in [0.15, 0.2) is 0 Å². The highest BCUT2D eigenvalue weighted by molar-refractivity contribution is 6.32. The highest BCUT2D eigenvalue weighted by atomic mass is 35.5. The zero-order valence-electron chi connectivity index (χ0n) is 13.1. The minimum atomic E-state index is 0.0539. The number of carbonyl (C=O) groups is 1. The second-order valence-corrected chi connectivity index (χ2v) is 6.42. The van der Waals surface area contributed by atoms with Crippen LogP contribution >= 0.6 is 11.6 Å². The molecule has 2 unspecified atom stereocenters. The zero-order chi connectivity index (χ0) is 15.4. The van der Waals surface area contributed by atoms with Crippen molar-refractivity contribution < 1.29 is 4.79 Å². The summed E-state index contributed by atoms with van der Waals surface area (Å²) in [6.45, 7) is 7.63. The topological polar surface area (TPSA) is 41.1 Å². The predicted octanol–water partition coefficient (Wildman–Crippen LogP) is 4.31. The normalized spacial score (nSPS) is 16.5. The summed E-state index contributed by atoms with van der Waals surface area (Å²) in [7, 11) is 0. The van der Waals surface area contributed by atoms with Gasteiger partial charge in [-0.25, -0.2) is 0 Å². The Bertz CT molecular complexity index is 516. The average molecular weight is 309 g/mol. The van der Waals surface area contributed by atoms with Crippen molar-refractivity contribution in [2.24, 2.45) is 5.92 Å². The average Bonchev–Trinajstić information content (AvgIpc) is 2.81. The maximum atomic E-state index is 11.5. The highest BCUT2D eigenvalue weighted by Crippen LogP contribution is 2.35. The third kappa shape index (κ3) is 3.98. The van der Waals surface area contributed by atoms with Crippen LogP contribution in [0.15, 0.2) is 12.1 Å². The van der Waals surface area contributed by atoms with E-state index in [1.165, 1.54) is 0 Å². The van der Waals surface area contributed by atoms with Gasteiger partial charge in [-0.1, -0.05) is 44.9 Å². The molecule has 0 aliphatic carbocycles. The molecule has 1 heterocycles. The molecular formula is C17H25ClN2O. The van der Waals surface area contributed by atoms with Crippen LogP contribution in [0.25, 0.3) is 0 Å². The van der Waals surface area contributed by atoms with Crippen molar-refractivity contribution in [3.05, 3.63) is 28.3 Å². The van der Waals surface area contributed by atoms with Crippen LogP contribution in [0.1, 0.15) is 57.2 Å². The molecule has 4 heteroatoms. The zero-order valence-corrected chi connectivity index (χ0v) is 13.9. The van der Waals surface area contributed by atoms with Crippen LogP contribution in [0.3, 0.4) is 0 Å². The Kier molecular flexibility index (Phi) is 5.65. The molecule has 21 heavy (non-hydrogen) atoms. The molecule has 0 saturated carbocycles. The largest absolute Gasteiger partial charge is 0.325 e. The van der Waals surface area contributed by atoms with Gasteiger partial charge in [0, 0.05) is 16.8 Å². The minimum absolute atomic E-state index is 0.0539. The summed E-state index contributed by atoms with van der Waals surface area (Å²) in [6, 6.07) is 4.26. The number of amides is 1. The summed E-state index contributed by atoms with van der Waals surface area (Å²) in [5, 5.41) is 7.20. The van der Waals surface area contributed by atoms with Crippen LogP contribution in [-0.2, 0) is 11.2 Å². The van der Waals surface area contributed by atoms with Crippen molar-refractivity contribution in [3.63, 3.8) is 0 Å². The number of anilines is 1. The number of rotatable bonds is 7. The number of hydrogen-bond acceptors (Lipinski definition) is 2. The van der Waals surface area contributed by atoms with E-state index in [0.717, 1.165) is 47.6 Å². The third-order valence-corrected chi connectivity index (χ3v) is 4.53. The molecule has 1 aliphatic heterocycles. The van der Waals surface area contributed by atoms with Gasteiger partial charge in [0.1, 0.15) is 0 Å². The first kappa shape index (κ1) is 16.3. The smallest absolute Gasteiger partial charge is 0.228 e. The van der Waals surface area contributed by atoms with E-state index in [-0.39, 0.29) is 11.9 Å². The van der Waals surface area contributed by atoms with Gasteiger partial charge >= 0.3 is 0 Å². The number of halogens is 1. The molecule has 1 aliphatic rings. The number of fused-ring (bicyclic) bond motifs is 1. The lowest BCUT2D eigenvalue weighted by molar-refractivity contribution is -0.115. The second kappa shape index (κ2) is 7.28. The predicted molar refractivity (Wildman–Crippen MR) is 88.9 cm³/mol. The van der Waals surface area contributed by atoms with E-state index in [0.29, 0.717) is 12.3 Å². The summed E-state index contributed by atoms with van der Waals surface area (Å²) < 4.78 is 0. The Morgan fingerprint density at radius 1 is 1.38 bits per heavy atom. The van der Waals surface area contributed by atoms with Crippen LogP contribution in [0.2, 0.25) is 5.02 Å². The van der Waals surface area contributed by atoms with Crippen molar-refractivity contribution in [3.8, 4) is 0 Å². The van der Waals surface area contributed by atoms with Gasteiger partial charge in [0.2, 0.25) is 5.91 Å². The van der Waals surface area contributed by atoms with Gasteiger partial charge in [-0.05, 0) is 42.5 Å². The van der Waals surface area contributed by atoms with E-state index in [1.807, 2.05) is 6.07 Å². The Morgan fingerprint density at radius 3 is 2.81 bits per heavy atom. The van der Waals surface area contributed by atoms with Gasteiger partial charge in [0.05, 0.1) is 6.42 Å². The lowest BCUT2D eigenvalue weighted by atomic mass is 9.92. The first-order chi connectivity index (χ1) is 10.0. The first-order valence-electron chi connectivity index (χ1n) is 7.90. The molecule has 0 fully saturated rings. The van der Waals surface area contributed by atoms with E-state index >= 15 is 0 Å². The molecule has 116 valence electrons. The van der Waals surface area contributed by atoms with Gasteiger partial charge in [-0.3, -0.25) is 4.79 Å². The Morgan fingerprint density at radius 2 is 2.14 bits per heavy atom. The maximum absolute atomic E-state index is 11.5. The Balaban J connectivity index is 2.26. The maximum Gasteiger partial charge on any atom is 0.228 e. The number of carbonyl (C=O) groups excluding carboxylic acids is 1.